The van der Waals surface area contributed by atoms with Crippen LogP contribution in [-0.4, -0.2) is 25.0 Å². The molecule has 0 heterocycles. The molecule has 1 aromatic rings. The van der Waals surface area contributed by atoms with Gasteiger partial charge in [-0.2, -0.15) is 4.72 Å². The van der Waals surface area contributed by atoms with Gasteiger partial charge in [0.25, 0.3) is 0 Å². The molecule has 100 valence electrons. The van der Waals surface area contributed by atoms with E-state index in [0.717, 1.165) is 18.2 Å². The molecule has 8 heteroatoms. The molecule has 0 saturated carbocycles. The molecule has 0 aromatic heterocycles. The Morgan fingerprint density at radius 2 is 2.00 bits per heavy atom. The highest BCUT2D eigenvalue weighted by atomic mass is 35.5. The van der Waals surface area contributed by atoms with E-state index in [4.69, 9.17) is 16.7 Å². The summed E-state index contributed by atoms with van der Waals surface area (Å²) in [5, 5.41) is 8.65. The molecule has 0 bridgehead atoms. The monoisotopic (exact) mass is 295 g/mol. The Morgan fingerprint density at radius 3 is 2.50 bits per heavy atom. The average molecular weight is 296 g/mol. The lowest BCUT2D eigenvalue weighted by Crippen LogP contribution is -2.49. The fraction of sp³-hybridized carbons (Fsp3) is 0.300. The third-order valence-corrected chi connectivity index (χ3v) is 4.24. The van der Waals surface area contributed by atoms with Crippen molar-refractivity contribution in [2.75, 3.05) is 0 Å². The van der Waals surface area contributed by atoms with Gasteiger partial charge in [0, 0.05) is 0 Å². The minimum Gasteiger partial charge on any atom is -0.480 e. The van der Waals surface area contributed by atoms with Crippen LogP contribution in [-0.2, 0) is 14.8 Å². The molecule has 0 saturated heterocycles. The molecule has 0 fully saturated rings. The first-order valence-electron chi connectivity index (χ1n) is 4.79. The minimum absolute atomic E-state index is 0.190. The van der Waals surface area contributed by atoms with Crippen molar-refractivity contribution in [1.29, 1.82) is 0 Å². The van der Waals surface area contributed by atoms with E-state index in [1.165, 1.54) is 13.8 Å². The number of halogens is 2. The third kappa shape index (κ3) is 3.18. The maximum absolute atomic E-state index is 13.0. The van der Waals surface area contributed by atoms with E-state index in [9.17, 15) is 17.6 Å². The lowest BCUT2D eigenvalue weighted by atomic mass is 10.1. The van der Waals surface area contributed by atoms with Gasteiger partial charge in [-0.3, -0.25) is 4.79 Å². The molecule has 0 spiro atoms. The van der Waals surface area contributed by atoms with Crippen LogP contribution in [0, 0.1) is 5.82 Å². The van der Waals surface area contributed by atoms with Crippen LogP contribution in [0.5, 0.6) is 0 Å². The number of rotatable bonds is 4. The Morgan fingerprint density at radius 1 is 1.44 bits per heavy atom. The summed E-state index contributed by atoms with van der Waals surface area (Å²) in [4.78, 5) is 10.3. The topological polar surface area (TPSA) is 83.5 Å². The van der Waals surface area contributed by atoms with E-state index in [0.29, 0.717) is 0 Å². The van der Waals surface area contributed by atoms with Gasteiger partial charge in [0.05, 0.1) is 5.02 Å². The van der Waals surface area contributed by atoms with Crippen molar-refractivity contribution in [3.05, 3.63) is 29.0 Å². The first kappa shape index (κ1) is 14.9. The summed E-state index contributed by atoms with van der Waals surface area (Å²) in [5.41, 5.74) is -1.73. The van der Waals surface area contributed by atoms with E-state index in [1.54, 1.807) is 0 Å². The van der Waals surface area contributed by atoms with Crippen LogP contribution in [0.25, 0.3) is 0 Å². The molecule has 1 aromatic carbocycles. The maximum atomic E-state index is 13.0. The van der Waals surface area contributed by atoms with Crippen molar-refractivity contribution in [1.82, 2.24) is 4.72 Å². The summed E-state index contributed by atoms with van der Waals surface area (Å²) in [6, 6.07) is 2.81. The Labute approximate surface area is 109 Å². The molecule has 0 aliphatic rings. The molecule has 1 rings (SSSR count). The summed E-state index contributed by atoms with van der Waals surface area (Å²) in [6.45, 7) is 2.33. The highest BCUT2D eigenvalue weighted by Crippen LogP contribution is 2.23. The molecule has 0 aliphatic heterocycles. The SMILES string of the molecule is CC(C)(NS(=O)(=O)c1cc(F)ccc1Cl)C(=O)O. The van der Waals surface area contributed by atoms with Crippen molar-refractivity contribution >= 4 is 27.6 Å². The second kappa shape index (κ2) is 4.83. The first-order chi connectivity index (χ1) is 8.06. The standard InChI is InChI=1S/C10H11ClFNO4S/c1-10(2,9(14)15)13-18(16,17)8-5-6(12)3-4-7(8)11/h3-5,13H,1-2H3,(H,14,15). The van der Waals surface area contributed by atoms with Crippen LogP contribution in [0.3, 0.4) is 0 Å². The quantitative estimate of drug-likeness (QED) is 0.884. The van der Waals surface area contributed by atoms with Crippen LogP contribution in [0.1, 0.15) is 13.8 Å². The Hall–Kier alpha value is -1.18. The van der Waals surface area contributed by atoms with Gasteiger partial charge < -0.3 is 5.11 Å². The van der Waals surface area contributed by atoms with E-state index < -0.39 is 32.2 Å². The Kier molecular flexibility index (Phi) is 3.99. The van der Waals surface area contributed by atoms with Gasteiger partial charge in [0.2, 0.25) is 10.0 Å². The van der Waals surface area contributed by atoms with E-state index in [1.807, 2.05) is 4.72 Å². The average Bonchev–Trinajstić information content (AvgIpc) is 2.19. The molecule has 0 amide bonds. The van der Waals surface area contributed by atoms with Crippen molar-refractivity contribution in [2.24, 2.45) is 0 Å². The molecule has 0 radical (unpaired) electrons. The zero-order valence-electron chi connectivity index (χ0n) is 9.57. The molecular weight excluding hydrogens is 285 g/mol. The van der Waals surface area contributed by atoms with Gasteiger partial charge in [-0.15, -0.1) is 0 Å². The summed E-state index contributed by atoms with van der Waals surface area (Å²) < 4.78 is 38.7. The number of carboxylic acids is 1. The van der Waals surface area contributed by atoms with Crippen molar-refractivity contribution in [3.8, 4) is 0 Å². The zero-order chi connectivity index (χ0) is 14.1. The largest absolute Gasteiger partial charge is 0.480 e. The van der Waals surface area contributed by atoms with E-state index in [2.05, 4.69) is 0 Å². The summed E-state index contributed by atoms with van der Waals surface area (Å²) >= 11 is 5.66. The number of aliphatic carboxylic acids is 1. The van der Waals surface area contributed by atoms with E-state index >= 15 is 0 Å². The number of nitrogens with one attached hydrogen (secondary N) is 1. The van der Waals surface area contributed by atoms with Gasteiger partial charge in [0.15, 0.2) is 0 Å². The van der Waals surface area contributed by atoms with Crippen LogP contribution < -0.4 is 4.72 Å². The van der Waals surface area contributed by atoms with Crippen LogP contribution in [0.2, 0.25) is 5.02 Å². The number of carboxylic acid groups (broad SMARTS) is 1. The van der Waals surface area contributed by atoms with Crippen molar-refractivity contribution in [2.45, 2.75) is 24.3 Å². The predicted molar refractivity (Wildman–Crippen MR) is 63.4 cm³/mol. The van der Waals surface area contributed by atoms with Gasteiger partial charge in [-0.1, -0.05) is 11.6 Å². The molecule has 5 nitrogen and oxygen atoms in total. The molecular formula is C10H11ClFNO4S. The number of hydrogen-bond acceptors (Lipinski definition) is 3. The summed E-state index contributed by atoms with van der Waals surface area (Å²) in [7, 11) is -4.22. The van der Waals surface area contributed by atoms with Gasteiger partial charge >= 0.3 is 5.97 Å². The molecule has 0 atom stereocenters. The fourth-order valence-electron chi connectivity index (χ4n) is 1.12. The lowest BCUT2D eigenvalue weighted by Gasteiger charge is -2.21. The predicted octanol–water partition coefficient (Wildman–Crippen LogP) is 1.62. The van der Waals surface area contributed by atoms with Crippen molar-refractivity contribution in [3.63, 3.8) is 0 Å². The maximum Gasteiger partial charge on any atom is 0.324 e. The number of sulfonamides is 1. The number of hydrogen-bond donors (Lipinski definition) is 2. The van der Waals surface area contributed by atoms with Crippen LogP contribution in [0.4, 0.5) is 4.39 Å². The Balaban J connectivity index is 3.23. The third-order valence-electron chi connectivity index (χ3n) is 2.11. The normalized spacial score (nSPS) is 12.4. The molecule has 0 aliphatic carbocycles. The van der Waals surface area contributed by atoms with Crippen LogP contribution in [0.15, 0.2) is 23.1 Å². The van der Waals surface area contributed by atoms with Crippen molar-refractivity contribution < 1.29 is 22.7 Å². The van der Waals surface area contributed by atoms with Gasteiger partial charge in [-0.25, -0.2) is 12.8 Å². The Bertz CT molecular complexity index is 586. The second-order valence-corrected chi connectivity index (χ2v) is 6.17. The van der Waals surface area contributed by atoms with E-state index in [-0.39, 0.29) is 5.02 Å². The summed E-state index contributed by atoms with van der Waals surface area (Å²) in [6.07, 6.45) is 0. The van der Waals surface area contributed by atoms with Gasteiger partial charge in [0.1, 0.15) is 16.3 Å². The number of benzene rings is 1. The molecule has 18 heavy (non-hydrogen) atoms. The smallest absolute Gasteiger partial charge is 0.324 e. The first-order valence-corrected chi connectivity index (χ1v) is 6.65. The number of carbonyl (C=O) groups is 1. The van der Waals surface area contributed by atoms with Crippen LogP contribution >= 0.6 is 11.6 Å². The second-order valence-electron chi connectivity index (χ2n) is 4.11. The highest BCUT2D eigenvalue weighted by molar-refractivity contribution is 7.89. The fourth-order valence-corrected chi connectivity index (χ4v) is 3.00. The summed E-state index contributed by atoms with van der Waals surface area (Å²) in [5.74, 6) is -2.15. The van der Waals surface area contributed by atoms with Gasteiger partial charge in [-0.05, 0) is 32.0 Å². The zero-order valence-corrected chi connectivity index (χ0v) is 11.1. The molecule has 2 N–H and O–H groups in total. The lowest BCUT2D eigenvalue weighted by molar-refractivity contribution is -0.142. The minimum atomic E-state index is -4.22. The molecule has 0 unspecified atom stereocenters. The highest BCUT2D eigenvalue weighted by Gasteiger charge is 2.34.